The minimum Gasteiger partial charge on any atom is -0.481 e. The number of hydrogen-bond donors (Lipinski definition) is 6. The van der Waals surface area contributed by atoms with Crippen molar-refractivity contribution < 1.29 is 24.6 Å². The smallest absolute Gasteiger partial charge is 0.323 e. The Kier molecular flexibility index (Phi) is 8.38. The number of urea groups is 1. The molecular weight excluding hydrogens is 484 g/mol. The molecule has 4 rings (SSSR count). The molecule has 2 amide bonds. The summed E-state index contributed by atoms with van der Waals surface area (Å²) >= 11 is 0. The summed E-state index contributed by atoms with van der Waals surface area (Å²) in [5.74, 6) is -1.55. The van der Waals surface area contributed by atoms with E-state index in [0.29, 0.717) is 37.3 Å². The number of rotatable bonds is 10. The molecule has 0 aromatic heterocycles. The predicted octanol–water partition coefficient (Wildman–Crippen LogP) is 3.82. The third-order valence-corrected chi connectivity index (χ3v) is 8.41. The van der Waals surface area contributed by atoms with Crippen LogP contribution in [0.4, 0.5) is 16.2 Å². The summed E-state index contributed by atoms with van der Waals surface area (Å²) in [6, 6.07) is 14.1. The largest absolute Gasteiger partial charge is 0.481 e. The number of carboxylic acids is 2. The molecule has 2 aliphatic rings. The lowest BCUT2D eigenvalue weighted by molar-refractivity contribution is -0.151. The van der Waals surface area contributed by atoms with Crippen molar-refractivity contribution in [2.75, 3.05) is 36.8 Å². The zero-order valence-corrected chi connectivity index (χ0v) is 22.0. The fourth-order valence-electron chi connectivity index (χ4n) is 5.85. The summed E-state index contributed by atoms with van der Waals surface area (Å²) in [6.07, 6.45) is 2.39. The summed E-state index contributed by atoms with van der Waals surface area (Å²) in [4.78, 5) is 37.1. The summed E-state index contributed by atoms with van der Waals surface area (Å²) in [5, 5.41) is 32.1. The summed E-state index contributed by atoms with van der Waals surface area (Å²) in [5.41, 5.74) is 1.03. The molecular formula is C29H38N4O5. The van der Waals surface area contributed by atoms with Crippen LogP contribution in [0, 0.1) is 22.7 Å². The van der Waals surface area contributed by atoms with E-state index in [2.05, 4.69) is 21.3 Å². The first-order chi connectivity index (χ1) is 18.1. The lowest BCUT2D eigenvalue weighted by atomic mass is 9.72. The van der Waals surface area contributed by atoms with Gasteiger partial charge in [-0.3, -0.25) is 9.59 Å². The second-order valence-corrected chi connectivity index (χ2v) is 11.2. The normalized spacial score (nSPS) is 22.3. The molecule has 0 saturated carbocycles. The summed E-state index contributed by atoms with van der Waals surface area (Å²) < 4.78 is 0. The highest BCUT2D eigenvalue weighted by Gasteiger charge is 2.43. The van der Waals surface area contributed by atoms with Crippen LogP contribution in [0.3, 0.4) is 0 Å². The van der Waals surface area contributed by atoms with Crippen LogP contribution in [0.5, 0.6) is 0 Å². The molecule has 2 fully saturated rings. The maximum absolute atomic E-state index is 12.8. The first kappa shape index (κ1) is 27.6. The van der Waals surface area contributed by atoms with Crippen molar-refractivity contribution in [3.8, 4) is 0 Å². The summed E-state index contributed by atoms with van der Waals surface area (Å²) in [6.45, 7) is 6.61. The zero-order valence-electron chi connectivity index (χ0n) is 22.0. The third kappa shape index (κ3) is 6.16. The average molecular weight is 523 g/mol. The van der Waals surface area contributed by atoms with E-state index in [1.807, 2.05) is 36.4 Å². The van der Waals surface area contributed by atoms with E-state index in [0.717, 1.165) is 37.1 Å². The Morgan fingerprint density at radius 2 is 1.21 bits per heavy atom. The molecule has 38 heavy (non-hydrogen) atoms. The van der Waals surface area contributed by atoms with Crippen molar-refractivity contribution >= 4 is 29.3 Å². The Balaban J connectivity index is 1.41. The van der Waals surface area contributed by atoms with Gasteiger partial charge in [0.05, 0.1) is 10.8 Å². The van der Waals surface area contributed by atoms with Gasteiger partial charge in [-0.15, -0.1) is 0 Å². The molecule has 2 heterocycles. The molecule has 2 unspecified atom stereocenters. The van der Waals surface area contributed by atoms with Crippen molar-refractivity contribution in [2.24, 2.45) is 22.7 Å². The van der Waals surface area contributed by atoms with E-state index in [-0.39, 0.29) is 11.8 Å². The van der Waals surface area contributed by atoms with Crippen molar-refractivity contribution in [1.82, 2.24) is 10.6 Å². The molecule has 2 aromatic rings. The number of carboxylic acid groups (broad SMARTS) is 2. The molecule has 2 aromatic carbocycles. The van der Waals surface area contributed by atoms with Crippen LogP contribution in [0.1, 0.15) is 37.8 Å². The van der Waals surface area contributed by atoms with Gasteiger partial charge in [0.15, 0.2) is 0 Å². The number of aliphatic carboxylic acids is 2. The van der Waals surface area contributed by atoms with E-state index in [1.54, 1.807) is 26.0 Å². The third-order valence-electron chi connectivity index (χ3n) is 8.41. The lowest BCUT2D eigenvalue weighted by Gasteiger charge is -2.31. The van der Waals surface area contributed by atoms with E-state index in [9.17, 15) is 24.6 Å². The minimum absolute atomic E-state index is 0.0418. The fourth-order valence-corrected chi connectivity index (χ4v) is 5.85. The monoisotopic (exact) mass is 522 g/mol. The first-order valence-electron chi connectivity index (χ1n) is 13.2. The number of anilines is 2. The number of carbonyl (C=O) groups is 3. The number of nitrogens with one attached hydrogen (secondary N) is 4. The van der Waals surface area contributed by atoms with Gasteiger partial charge in [-0.25, -0.2) is 4.79 Å². The standard InChI is InChI=1S/C29H38N4O5/c1-28(25(34)35,21-9-11-30-17-21)15-19-5-3-7-23(13-19)32-27(38)33-24-8-4-6-20(14-24)16-29(2,26(36)37)22-10-12-31-18-22/h3-8,13-14,21-22,30-31H,9-12,15-18H2,1-2H3,(H,34,35)(H,36,37)(H2,32,33,38)/t21-,22-,28?,29?/m0/s1. The van der Waals surface area contributed by atoms with Crippen LogP contribution in [0.25, 0.3) is 0 Å². The molecule has 0 radical (unpaired) electrons. The van der Waals surface area contributed by atoms with Gasteiger partial charge in [-0.1, -0.05) is 24.3 Å². The molecule has 0 aliphatic carbocycles. The molecule has 9 heteroatoms. The van der Waals surface area contributed by atoms with Crippen molar-refractivity contribution in [1.29, 1.82) is 0 Å². The Morgan fingerprint density at radius 1 is 0.789 bits per heavy atom. The molecule has 2 saturated heterocycles. The van der Waals surface area contributed by atoms with Crippen LogP contribution < -0.4 is 21.3 Å². The van der Waals surface area contributed by atoms with Crippen molar-refractivity contribution in [3.63, 3.8) is 0 Å². The number of carbonyl (C=O) groups excluding carboxylic acids is 1. The SMILES string of the molecule is CC(Cc1cccc(NC(=O)Nc2cccc(CC(C)(C(=O)O)[C@H]3CCNC3)c2)c1)(C(=O)O)[C@H]1CCNC1. The quantitative estimate of drug-likeness (QED) is 0.279. The highest BCUT2D eigenvalue weighted by Crippen LogP contribution is 2.37. The highest BCUT2D eigenvalue weighted by atomic mass is 16.4. The van der Waals surface area contributed by atoms with E-state index >= 15 is 0 Å². The van der Waals surface area contributed by atoms with Crippen LogP contribution in [-0.4, -0.2) is 54.4 Å². The van der Waals surface area contributed by atoms with Crippen molar-refractivity contribution in [3.05, 3.63) is 59.7 Å². The summed E-state index contributed by atoms with van der Waals surface area (Å²) in [7, 11) is 0. The van der Waals surface area contributed by atoms with Gasteiger partial charge in [0, 0.05) is 11.4 Å². The van der Waals surface area contributed by atoms with Gasteiger partial charge in [0.1, 0.15) is 0 Å². The minimum atomic E-state index is -0.899. The first-order valence-corrected chi connectivity index (χ1v) is 13.2. The Morgan fingerprint density at radius 3 is 1.55 bits per heavy atom. The average Bonchev–Trinajstić information content (AvgIpc) is 3.59. The van der Waals surface area contributed by atoms with Crippen molar-refractivity contribution in [2.45, 2.75) is 39.5 Å². The number of benzene rings is 2. The molecule has 6 N–H and O–H groups in total. The van der Waals surface area contributed by atoms with Crippen LogP contribution in [-0.2, 0) is 22.4 Å². The Bertz CT molecular complexity index is 1090. The predicted molar refractivity (Wildman–Crippen MR) is 146 cm³/mol. The van der Waals surface area contributed by atoms with Gasteiger partial charge in [0.25, 0.3) is 0 Å². The molecule has 0 bridgehead atoms. The van der Waals surface area contributed by atoms with Crippen LogP contribution in [0.2, 0.25) is 0 Å². The fraction of sp³-hybridized carbons (Fsp3) is 0.483. The van der Waals surface area contributed by atoms with Gasteiger partial charge in [0.2, 0.25) is 0 Å². The Labute approximate surface area is 223 Å². The molecule has 4 atom stereocenters. The molecule has 0 spiro atoms. The van der Waals surface area contributed by atoms with Gasteiger partial charge in [-0.2, -0.15) is 0 Å². The van der Waals surface area contributed by atoms with Gasteiger partial charge in [-0.05, 0) is 113 Å². The molecule has 204 valence electrons. The van der Waals surface area contributed by atoms with Crippen LogP contribution in [0.15, 0.2) is 48.5 Å². The van der Waals surface area contributed by atoms with E-state index < -0.39 is 28.8 Å². The molecule has 9 nitrogen and oxygen atoms in total. The van der Waals surface area contributed by atoms with E-state index in [1.165, 1.54) is 0 Å². The second-order valence-electron chi connectivity index (χ2n) is 11.2. The maximum atomic E-state index is 12.8. The zero-order chi connectivity index (χ0) is 27.3. The topological polar surface area (TPSA) is 140 Å². The van der Waals surface area contributed by atoms with Gasteiger partial charge < -0.3 is 31.5 Å². The maximum Gasteiger partial charge on any atom is 0.323 e. The number of hydrogen-bond acceptors (Lipinski definition) is 5. The van der Waals surface area contributed by atoms with E-state index in [4.69, 9.17) is 0 Å². The lowest BCUT2D eigenvalue weighted by Crippen LogP contribution is -2.39. The Hall–Kier alpha value is -3.43. The van der Waals surface area contributed by atoms with Gasteiger partial charge >= 0.3 is 18.0 Å². The second kappa shape index (κ2) is 11.5. The number of amides is 2. The highest BCUT2D eigenvalue weighted by molar-refractivity contribution is 5.99. The van der Waals surface area contributed by atoms with Crippen LogP contribution >= 0.6 is 0 Å². The molecule has 2 aliphatic heterocycles.